The van der Waals surface area contributed by atoms with Crippen LogP contribution in [0.4, 0.5) is 0 Å². The Hall–Kier alpha value is -3.25. The van der Waals surface area contributed by atoms with Gasteiger partial charge < -0.3 is 19.4 Å². The number of benzene rings is 2. The van der Waals surface area contributed by atoms with Gasteiger partial charge in [0.15, 0.2) is 0 Å². The standard InChI is InChI=1S/C26H31N3O3/c1-19-23(24-18-22(32-3)7-9-25(24)27-19)8-10-26(30)29-15-13-28(14-16-29)12-11-20-5-4-6-21(17-20)31-2/h4-10,17-18,27H,11-16H2,1-3H3. The molecule has 0 atom stereocenters. The van der Waals surface area contributed by atoms with Crippen LogP contribution < -0.4 is 9.47 Å². The SMILES string of the molecule is COc1cccc(CCN2CCN(C(=O)C=Cc3c(C)[nH]c4ccc(OC)cc34)CC2)c1. The summed E-state index contributed by atoms with van der Waals surface area (Å²) in [5, 5.41) is 1.06. The highest BCUT2D eigenvalue weighted by molar-refractivity contribution is 5.97. The fraction of sp³-hybridized carbons (Fsp3) is 0.346. The Morgan fingerprint density at radius 1 is 1.03 bits per heavy atom. The minimum atomic E-state index is 0.0640. The lowest BCUT2D eigenvalue weighted by Crippen LogP contribution is -2.48. The summed E-state index contributed by atoms with van der Waals surface area (Å²) in [5.74, 6) is 1.77. The van der Waals surface area contributed by atoms with Gasteiger partial charge in [-0.2, -0.15) is 0 Å². The number of fused-ring (bicyclic) bond motifs is 1. The van der Waals surface area contributed by atoms with Crippen molar-refractivity contribution in [2.45, 2.75) is 13.3 Å². The minimum absolute atomic E-state index is 0.0640. The molecule has 0 saturated carbocycles. The van der Waals surface area contributed by atoms with Gasteiger partial charge in [0, 0.05) is 61.0 Å². The van der Waals surface area contributed by atoms with Crippen LogP contribution in [-0.2, 0) is 11.2 Å². The first kappa shape index (κ1) is 22.0. The highest BCUT2D eigenvalue weighted by Crippen LogP contribution is 2.27. The minimum Gasteiger partial charge on any atom is -0.497 e. The lowest BCUT2D eigenvalue weighted by atomic mass is 10.1. The highest BCUT2D eigenvalue weighted by Gasteiger charge is 2.19. The zero-order valence-electron chi connectivity index (χ0n) is 19.1. The van der Waals surface area contributed by atoms with E-state index >= 15 is 0 Å². The molecule has 168 valence electrons. The van der Waals surface area contributed by atoms with Crippen molar-refractivity contribution in [1.29, 1.82) is 0 Å². The number of aryl methyl sites for hydroxylation is 1. The zero-order valence-corrected chi connectivity index (χ0v) is 19.1. The van der Waals surface area contributed by atoms with Gasteiger partial charge in [0.05, 0.1) is 14.2 Å². The second kappa shape index (κ2) is 9.92. The van der Waals surface area contributed by atoms with Crippen molar-refractivity contribution in [3.63, 3.8) is 0 Å². The molecule has 6 heteroatoms. The molecule has 6 nitrogen and oxygen atoms in total. The number of aromatic nitrogens is 1. The Labute approximate surface area is 189 Å². The Bertz CT molecular complexity index is 1110. The van der Waals surface area contributed by atoms with Crippen molar-refractivity contribution in [3.05, 3.63) is 65.4 Å². The summed E-state index contributed by atoms with van der Waals surface area (Å²) in [5.41, 5.74) is 4.39. The van der Waals surface area contributed by atoms with Gasteiger partial charge in [0.2, 0.25) is 5.91 Å². The molecule has 1 amide bonds. The van der Waals surface area contributed by atoms with E-state index in [1.807, 2.05) is 48.2 Å². The van der Waals surface area contributed by atoms with E-state index in [2.05, 4.69) is 22.0 Å². The van der Waals surface area contributed by atoms with Gasteiger partial charge in [-0.05, 0) is 55.3 Å². The number of H-pyrrole nitrogens is 1. The summed E-state index contributed by atoms with van der Waals surface area (Å²) in [7, 11) is 3.36. The number of hydrogen-bond acceptors (Lipinski definition) is 4. The molecule has 1 N–H and O–H groups in total. The van der Waals surface area contributed by atoms with Crippen molar-refractivity contribution in [3.8, 4) is 11.5 Å². The molecular weight excluding hydrogens is 402 g/mol. The Balaban J connectivity index is 1.32. The first-order valence-electron chi connectivity index (χ1n) is 11.1. The van der Waals surface area contributed by atoms with Gasteiger partial charge in [-0.15, -0.1) is 0 Å². The van der Waals surface area contributed by atoms with E-state index in [4.69, 9.17) is 9.47 Å². The first-order chi connectivity index (χ1) is 15.6. The van der Waals surface area contributed by atoms with E-state index in [9.17, 15) is 4.79 Å². The summed E-state index contributed by atoms with van der Waals surface area (Å²) in [6.45, 7) is 6.31. The third-order valence-electron chi connectivity index (χ3n) is 6.17. The molecule has 1 aliphatic heterocycles. The largest absolute Gasteiger partial charge is 0.497 e. The zero-order chi connectivity index (χ0) is 22.5. The van der Waals surface area contributed by atoms with Crippen LogP contribution in [0.2, 0.25) is 0 Å². The maximum atomic E-state index is 12.8. The Morgan fingerprint density at radius 2 is 1.78 bits per heavy atom. The van der Waals surface area contributed by atoms with E-state index in [0.717, 1.165) is 72.8 Å². The number of aromatic amines is 1. The smallest absolute Gasteiger partial charge is 0.246 e. The average molecular weight is 434 g/mol. The molecule has 1 saturated heterocycles. The van der Waals surface area contributed by atoms with E-state index in [1.54, 1.807) is 20.3 Å². The maximum absolute atomic E-state index is 12.8. The topological polar surface area (TPSA) is 57.8 Å². The van der Waals surface area contributed by atoms with E-state index < -0.39 is 0 Å². The van der Waals surface area contributed by atoms with E-state index in [0.29, 0.717) is 0 Å². The molecule has 1 aliphatic rings. The van der Waals surface area contributed by atoms with Crippen molar-refractivity contribution in [2.24, 2.45) is 0 Å². The van der Waals surface area contributed by atoms with Crippen LogP contribution in [0.15, 0.2) is 48.5 Å². The van der Waals surface area contributed by atoms with Crippen molar-refractivity contribution in [1.82, 2.24) is 14.8 Å². The number of carbonyl (C=O) groups is 1. The fourth-order valence-electron chi connectivity index (χ4n) is 4.24. The second-order valence-electron chi connectivity index (χ2n) is 8.18. The monoisotopic (exact) mass is 433 g/mol. The van der Waals surface area contributed by atoms with Gasteiger partial charge >= 0.3 is 0 Å². The Kier molecular flexibility index (Phi) is 6.81. The lowest BCUT2D eigenvalue weighted by molar-refractivity contribution is -0.127. The number of nitrogens with one attached hydrogen (secondary N) is 1. The summed E-state index contributed by atoms with van der Waals surface area (Å²) in [6, 6.07) is 14.2. The molecule has 2 heterocycles. The number of amides is 1. The summed E-state index contributed by atoms with van der Waals surface area (Å²) in [6.07, 6.45) is 4.60. The van der Waals surface area contributed by atoms with Crippen molar-refractivity contribution in [2.75, 3.05) is 46.9 Å². The third-order valence-corrected chi connectivity index (χ3v) is 6.17. The van der Waals surface area contributed by atoms with Crippen LogP contribution in [0.3, 0.4) is 0 Å². The second-order valence-corrected chi connectivity index (χ2v) is 8.18. The third kappa shape index (κ3) is 4.97. The lowest BCUT2D eigenvalue weighted by Gasteiger charge is -2.34. The molecule has 32 heavy (non-hydrogen) atoms. The summed E-state index contributed by atoms with van der Waals surface area (Å²) >= 11 is 0. The summed E-state index contributed by atoms with van der Waals surface area (Å²) in [4.78, 5) is 20.5. The molecule has 4 rings (SSSR count). The van der Waals surface area contributed by atoms with Crippen LogP contribution in [-0.4, -0.2) is 67.6 Å². The highest BCUT2D eigenvalue weighted by atomic mass is 16.5. The number of nitrogens with zero attached hydrogens (tertiary/aromatic N) is 2. The molecule has 0 spiro atoms. The predicted octanol–water partition coefficient (Wildman–Crippen LogP) is 3.89. The number of ether oxygens (including phenoxy) is 2. The van der Waals surface area contributed by atoms with Crippen LogP contribution in [0.5, 0.6) is 11.5 Å². The number of hydrogen-bond donors (Lipinski definition) is 1. The van der Waals surface area contributed by atoms with Gasteiger partial charge in [-0.1, -0.05) is 12.1 Å². The molecule has 0 aliphatic carbocycles. The number of piperazine rings is 1. The van der Waals surface area contributed by atoms with Crippen LogP contribution >= 0.6 is 0 Å². The average Bonchev–Trinajstić information content (AvgIpc) is 3.15. The fourth-order valence-corrected chi connectivity index (χ4v) is 4.24. The number of methoxy groups -OCH3 is 2. The van der Waals surface area contributed by atoms with Crippen molar-refractivity contribution < 1.29 is 14.3 Å². The van der Waals surface area contributed by atoms with Crippen molar-refractivity contribution >= 4 is 22.9 Å². The van der Waals surface area contributed by atoms with Gasteiger partial charge in [-0.25, -0.2) is 0 Å². The van der Waals surface area contributed by atoms with E-state index in [1.165, 1.54) is 5.56 Å². The van der Waals surface area contributed by atoms with Crippen LogP contribution in [0, 0.1) is 6.92 Å². The van der Waals surface area contributed by atoms with Gasteiger partial charge in [0.1, 0.15) is 11.5 Å². The molecular formula is C26H31N3O3. The first-order valence-corrected chi connectivity index (χ1v) is 11.1. The maximum Gasteiger partial charge on any atom is 0.246 e. The quantitative estimate of drug-likeness (QED) is 0.575. The number of rotatable bonds is 7. The summed E-state index contributed by atoms with van der Waals surface area (Å²) < 4.78 is 10.7. The Morgan fingerprint density at radius 3 is 2.53 bits per heavy atom. The molecule has 1 aromatic heterocycles. The molecule has 0 bridgehead atoms. The van der Waals surface area contributed by atoms with Gasteiger partial charge in [0.25, 0.3) is 0 Å². The molecule has 0 radical (unpaired) electrons. The molecule has 0 unspecified atom stereocenters. The normalized spacial score (nSPS) is 14.9. The van der Waals surface area contributed by atoms with Crippen LogP contribution in [0.1, 0.15) is 16.8 Å². The van der Waals surface area contributed by atoms with E-state index in [-0.39, 0.29) is 5.91 Å². The molecule has 3 aromatic rings. The molecule has 2 aromatic carbocycles. The number of carbonyl (C=O) groups excluding carboxylic acids is 1. The molecule has 1 fully saturated rings. The van der Waals surface area contributed by atoms with Gasteiger partial charge in [-0.3, -0.25) is 9.69 Å². The predicted molar refractivity (Wildman–Crippen MR) is 128 cm³/mol. The van der Waals surface area contributed by atoms with Crippen LogP contribution in [0.25, 0.3) is 17.0 Å².